The summed E-state index contributed by atoms with van der Waals surface area (Å²) in [5.41, 5.74) is 1.02. The minimum absolute atomic E-state index is 0.166. The van der Waals surface area contributed by atoms with Gasteiger partial charge in [0, 0.05) is 11.0 Å². The largest absolute Gasteiger partial charge is 0.345 e. The molecule has 88 valence electrons. The van der Waals surface area contributed by atoms with E-state index in [2.05, 4.69) is 36.4 Å². The Hall–Kier alpha value is -1.69. The van der Waals surface area contributed by atoms with Crippen LogP contribution >= 0.6 is 15.9 Å². The summed E-state index contributed by atoms with van der Waals surface area (Å²) in [4.78, 5) is 15.6. The third-order valence-corrected chi connectivity index (χ3v) is 2.70. The predicted octanol–water partition coefficient (Wildman–Crippen LogP) is 1.81. The second-order valence-corrected chi connectivity index (χ2v) is 4.47. The number of nitrogens with zero attached hydrogens (tertiary/aromatic N) is 2. The Kier molecular flexibility index (Phi) is 3.53. The van der Waals surface area contributed by atoms with Gasteiger partial charge in [0.15, 0.2) is 0 Å². The lowest BCUT2D eigenvalue weighted by molar-refractivity contribution is 0.0941. The number of aromatic nitrogens is 3. The number of aryl methyl sites for hydroxylation is 1. The molecule has 0 aliphatic heterocycles. The lowest BCUT2D eigenvalue weighted by atomic mass is 10.2. The van der Waals surface area contributed by atoms with Gasteiger partial charge in [-0.15, -0.1) is 5.10 Å². The maximum absolute atomic E-state index is 11.6. The normalized spacial score (nSPS) is 10.2. The molecule has 0 saturated carbocycles. The zero-order valence-electron chi connectivity index (χ0n) is 9.20. The highest BCUT2D eigenvalue weighted by Crippen LogP contribution is 2.10. The Morgan fingerprint density at radius 2 is 2.12 bits per heavy atom. The quantitative estimate of drug-likeness (QED) is 0.907. The Balaban J connectivity index is 1.94. The third-order valence-electron chi connectivity index (χ3n) is 2.17. The van der Waals surface area contributed by atoms with E-state index in [-0.39, 0.29) is 11.7 Å². The van der Waals surface area contributed by atoms with Crippen molar-refractivity contribution < 1.29 is 4.79 Å². The molecular weight excluding hydrogens is 284 g/mol. The average molecular weight is 295 g/mol. The van der Waals surface area contributed by atoms with Crippen LogP contribution in [0.15, 0.2) is 28.7 Å². The van der Waals surface area contributed by atoms with E-state index in [4.69, 9.17) is 0 Å². The van der Waals surface area contributed by atoms with Gasteiger partial charge in [-0.1, -0.05) is 28.1 Å². The van der Waals surface area contributed by atoms with Crippen LogP contribution < -0.4 is 5.32 Å². The molecule has 0 aliphatic carbocycles. The Labute approximate surface area is 107 Å². The first-order valence-corrected chi connectivity index (χ1v) is 5.86. The predicted molar refractivity (Wildman–Crippen MR) is 66.4 cm³/mol. The van der Waals surface area contributed by atoms with Gasteiger partial charge in [0.1, 0.15) is 5.82 Å². The topological polar surface area (TPSA) is 70.7 Å². The molecule has 1 heterocycles. The third kappa shape index (κ3) is 3.13. The van der Waals surface area contributed by atoms with E-state index < -0.39 is 0 Å². The fraction of sp³-hybridized carbons (Fsp3) is 0.182. The zero-order valence-corrected chi connectivity index (χ0v) is 10.8. The molecule has 2 rings (SSSR count). The number of carbonyl (C=O) groups is 1. The number of benzene rings is 1. The number of H-pyrrole nitrogens is 1. The number of aromatic amines is 1. The van der Waals surface area contributed by atoms with E-state index in [0.29, 0.717) is 12.4 Å². The van der Waals surface area contributed by atoms with Crippen molar-refractivity contribution in [1.29, 1.82) is 0 Å². The van der Waals surface area contributed by atoms with Gasteiger partial charge in [-0.05, 0) is 24.6 Å². The van der Waals surface area contributed by atoms with Gasteiger partial charge in [-0.3, -0.25) is 9.89 Å². The van der Waals surface area contributed by atoms with Gasteiger partial charge >= 0.3 is 0 Å². The Morgan fingerprint density at radius 1 is 1.41 bits per heavy atom. The van der Waals surface area contributed by atoms with Crippen LogP contribution in [0.2, 0.25) is 0 Å². The molecule has 0 saturated heterocycles. The maximum atomic E-state index is 11.6. The van der Waals surface area contributed by atoms with Crippen molar-refractivity contribution in [1.82, 2.24) is 20.5 Å². The first kappa shape index (κ1) is 11.8. The summed E-state index contributed by atoms with van der Waals surface area (Å²) in [6, 6.07) is 7.73. The van der Waals surface area contributed by atoms with Crippen molar-refractivity contribution in [3.63, 3.8) is 0 Å². The second kappa shape index (κ2) is 5.09. The van der Waals surface area contributed by atoms with Crippen molar-refractivity contribution in [3.8, 4) is 0 Å². The number of halogens is 1. The monoisotopic (exact) mass is 294 g/mol. The van der Waals surface area contributed by atoms with Gasteiger partial charge in [-0.2, -0.15) is 0 Å². The Bertz CT molecular complexity index is 521. The van der Waals surface area contributed by atoms with Crippen molar-refractivity contribution in [2.45, 2.75) is 13.5 Å². The highest BCUT2D eigenvalue weighted by molar-refractivity contribution is 9.10. The minimum atomic E-state index is -0.280. The number of nitrogens with one attached hydrogen (secondary N) is 2. The smallest absolute Gasteiger partial charge is 0.291 e. The number of amides is 1. The van der Waals surface area contributed by atoms with E-state index in [1.165, 1.54) is 0 Å². The Morgan fingerprint density at radius 3 is 2.71 bits per heavy atom. The van der Waals surface area contributed by atoms with Crippen LogP contribution in [0.5, 0.6) is 0 Å². The molecule has 6 heteroatoms. The highest BCUT2D eigenvalue weighted by atomic mass is 79.9. The van der Waals surface area contributed by atoms with E-state index in [0.717, 1.165) is 10.0 Å². The summed E-state index contributed by atoms with van der Waals surface area (Å²) in [7, 11) is 0. The molecule has 0 aliphatic rings. The number of hydrogen-bond donors (Lipinski definition) is 2. The highest BCUT2D eigenvalue weighted by Gasteiger charge is 2.10. The molecule has 0 spiro atoms. The standard InChI is InChI=1S/C11H11BrN4O/c1-7-14-10(16-15-7)11(17)13-6-8-2-4-9(12)5-3-8/h2-5H,6H2,1H3,(H,13,17)(H,14,15,16). The van der Waals surface area contributed by atoms with Crippen molar-refractivity contribution >= 4 is 21.8 Å². The summed E-state index contributed by atoms with van der Waals surface area (Å²) >= 11 is 3.35. The molecule has 0 atom stereocenters. The van der Waals surface area contributed by atoms with Crippen molar-refractivity contribution in [2.24, 2.45) is 0 Å². The van der Waals surface area contributed by atoms with E-state index in [1.807, 2.05) is 24.3 Å². The van der Waals surface area contributed by atoms with Crippen molar-refractivity contribution in [3.05, 3.63) is 46.0 Å². The van der Waals surface area contributed by atoms with Gasteiger partial charge in [0.05, 0.1) is 0 Å². The van der Waals surface area contributed by atoms with Crippen LogP contribution in [0.25, 0.3) is 0 Å². The van der Waals surface area contributed by atoms with Crippen molar-refractivity contribution in [2.75, 3.05) is 0 Å². The summed E-state index contributed by atoms with van der Waals surface area (Å²) in [6.07, 6.45) is 0. The van der Waals surface area contributed by atoms with E-state index in [9.17, 15) is 4.79 Å². The molecule has 0 radical (unpaired) electrons. The first-order chi connectivity index (χ1) is 8.15. The summed E-state index contributed by atoms with van der Waals surface area (Å²) in [6.45, 7) is 2.21. The minimum Gasteiger partial charge on any atom is -0.345 e. The first-order valence-electron chi connectivity index (χ1n) is 5.07. The van der Waals surface area contributed by atoms with Gasteiger partial charge in [0.2, 0.25) is 5.82 Å². The van der Waals surface area contributed by atoms with Crippen LogP contribution in [0.1, 0.15) is 22.0 Å². The molecule has 2 aromatic rings. The SMILES string of the molecule is Cc1nc(C(=O)NCc2ccc(Br)cc2)n[nH]1. The van der Waals surface area contributed by atoms with Crippen LogP contribution in [-0.4, -0.2) is 21.1 Å². The van der Waals surface area contributed by atoms with Gasteiger partial charge < -0.3 is 5.32 Å². The second-order valence-electron chi connectivity index (χ2n) is 3.55. The molecule has 5 nitrogen and oxygen atoms in total. The average Bonchev–Trinajstić information content (AvgIpc) is 2.75. The lowest BCUT2D eigenvalue weighted by Gasteiger charge is -2.02. The van der Waals surface area contributed by atoms with Crippen LogP contribution in [-0.2, 0) is 6.54 Å². The lowest BCUT2D eigenvalue weighted by Crippen LogP contribution is -2.24. The van der Waals surface area contributed by atoms with E-state index in [1.54, 1.807) is 6.92 Å². The van der Waals surface area contributed by atoms with Crippen LogP contribution in [0.3, 0.4) is 0 Å². The molecule has 17 heavy (non-hydrogen) atoms. The molecular formula is C11H11BrN4O. The number of carbonyl (C=O) groups excluding carboxylic acids is 1. The molecule has 0 fully saturated rings. The molecule has 1 aromatic carbocycles. The van der Waals surface area contributed by atoms with Gasteiger partial charge in [-0.25, -0.2) is 4.98 Å². The summed E-state index contributed by atoms with van der Waals surface area (Å²) < 4.78 is 1.01. The number of hydrogen-bond acceptors (Lipinski definition) is 3. The summed E-state index contributed by atoms with van der Waals surface area (Å²) in [5, 5.41) is 9.16. The van der Waals surface area contributed by atoms with Crippen LogP contribution in [0.4, 0.5) is 0 Å². The molecule has 1 amide bonds. The van der Waals surface area contributed by atoms with Gasteiger partial charge in [0.25, 0.3) is 5.91 Å². The molecule has 2 N–H and O–H groups in total. The van der Waals surface area contributed by atoms with Crippen LogP contribution in [0, 0.1) is 6.92 Å². The fourth-order valence-corrected chi connectivity index (χ4v) is 1.57. The number of rotatable bonds is 3. The molecule has 0 unspecified atom stereocenters. The molecule has 1 aromatic heterocycles. The van der Waals surface area contributed by atoms with E-state index >= 15 is 0 Å². The fourth-order valence-electron chi connectivity index (χ4n) is 1.31. The zero-order chi connectivity index (χ0) is 12.3. The molecule has 0 bridgehead atoms. The summed E-state index contributed by atoms with van der Waals surface area (Å²) in [5.74, 6) is 0.510. The maximum Gasteiger partial charge on any atom is 0.291 e.